The van der Waals surface area contributed by atoms with E-state index in [1.54, 1.807) is 7.11 Å². The molecule has 0 unspecified atom stereocenters. The summed E-state index contributed by atoms with van der Waals surface area (Å²) in [6.45, 7) is 2.72. The Kier molecular flexibility index (Phi) is 4.02. The molecule has 1 aliphatic rings. The van der Waals surface area contributed by atoms with Crippen LogP contribution in [-0.2, 0) is 4.74 Å². The maximum absolute atomic E-state index is 7.27. The fraction of sp³-hybridized carbons (Fsp3) is 0.889. The number of methoxy groups -OCH3 is 1. The first-order valence-electron chi connectivity index (χ1n) is 4.82. The van der Waals surface area contributed by atoms with E-state index >= 15 is 0 Å². The fourth-order valence-corrected chi connectivity index (χ4v) is 1.75. The Hall–Kier alpha value is -0.770. The van der Waals surface area contributed by atoms with Crippen molar-refractivity contribution in [3.05, 3.63) is 0 Å². The molecule has 4 nitrogen and oxygen atoms in total. The van der Waals surface area contributed by atoms with Gasteiger partial charge in [0, 0.05) is 26.8 Å². The first-order valence-corrected chi connectivity index (χ1v) is 4.82. The van der Waals surface area contributed by atoms with Crippen molar-refractivity contribution >= 4 is 5.96 Å². The molecule has 0 radical (unpaired) electrons. The van der Waals surface area contributed by atoms with Crippen molar-refractivity contribution < 1.29 is 4.74 Å². The van der Waals surface area contributed by atoms with E-state index in [4.69, 9.17) is 15.9 Å². The standard InChI is InChI=1S/C9H19N3O/c1-13-7-4-8-2-5-12(6-3-8)9(10)11/h8H,2-7H2,1H3,(H3,10,11). The lowest BCUT2D eigenvalue weighted by Crippen LogP contribution is -2.42. The largest absolute Gasteiger partial charge is 0.385 e. The van der Waals surface area contributed by atoms with Crippen molar-refractivity contribution in [2.75, 3.05) is 26.8 Å². The van der Waals surface area contributed by atoms with Crippen LogP contribution in [0.25, 0.3) is 0 Å². The van der Waals surface area contributed by atoms with Gasteiger partial charge in [-0.1, -0.05) is 0 Å². The number of likely N-dealkylation sites (tertiary alicyclic amines) is 1. The maximum Gasteiger partial charge on any atom is 0.188 e. The molecule has 0 aliphatic carbocycles. The van der Waals surface area contributed by atoms with Crippen LogP contribution in [0.1, 0.15) is 19.3 Å². The van der Waals surface area contributed by atoms with Gasteiger partial charge in [0.05, 0.1) is 0 Å². The molecule has 0 saturated carbocycles. The minimum absolute atomic E-state index is 0.213. The quantitative estimate of drug-likeness (QED) is 0.500. The highest BCUT2D eigenvalue weighted by atomic mass is 16.5. The van der Waals surface area contributed by atoms with Crippen molar-refractivity contribution in [2.24, 2.45) is 11.7 Å². The molecule has 0 bridgehead atoms. The van der Waals surface area contributed by atoms with Crippen LogP contribution in [0.2, 0.25) is 0 Å². The molecular formula is C9H19N3O. The zero-order valence-corrected chi connectivity index (χ0v) is 8.25. The molecule has 1 saturated heterocycles. The Morgan fingerprint density at radius 2 is 2.15 bits per heavy atom. The lowest BCUT2D eigenvalue weighted by molar-refractivity contribution is 0.156. The first kappa shape index (κ1) is 10.3. The number of nitrogens with two attached hydrogens (primary N) is 1. The number of nitrogens with zero attached hydrogens (tertiary/aromatic N) is 1. The van der Waals surface area contributed by atoms with Gasteiger partial charge in [-0.05, 0) is 25.2 Å². The van der Waals surface area contributed by atoms with Gasteiger partial charge in [0.1, 0.15) is 0 Å². The molecule has 0 aromatic carbocycles. The van der Waals surface area contributed by atoms with Crippen LogP contribution >= 0.6 is 0 Å². The normalized spacial score (nSPS) is 19.0. The highest BCUT2D eigenvalue weighted by Gasteiger charge is 2.19. The molecule has 0 atom stereocenters. The second-order valence-electron chi connectivity index (χ2n) is 3.60. The summed E-state index contributed by atoms with van der Waals surface area (Å²) in [5, 5.41) is 7.27. The summed E-state index contributed by atoms with van der Waals surface area (Å²) in [5.74, 6) is 0.973. The average Bonchev–Trinajstić information content (AvgIpc) is 2.15. The van der Waals surface area contributed by atoms with Crippen LogP contribution in [0, 0.1) is 11.3 Å². The van der Waals surface area contributed by atoms with Gasteiger partial charge in [-0.25, -0.2) is 0 Å². The Balaban J connectivity index is 2.18. The van der Waals surface area contributed by atoms with Crippen molar-refractivity contribution in [2.45, 2.75) is 19.3 Å². The highest BCUT2D eigenvalue weighted by Crippen LogP contribution is 2.19. The number of guanidine groups is 1. The number of hydrogen-bond donors (Lipinski definition) is 2. The molecule has 4 heteroatoms. The molecule has 13 heavy (non-hydrogen) atoms. The third kappa shape index (κ3) is 3.22. The van der Waals surface area contributed by atoms with E-state index in [2.05, 4.69) is 0 Å². The van der Waals surface area contributed by atoms with E-state index < -0.39 is 0 Å². The Labute approximate surface area is 79.6 Å². The number of hydrogen-bond acceptors (Lipinski definition) is 2. The van der Waals surface area contributed by atoms with Crippen molar-refractivity contribution in [3.8, 4) is 0 Å². The van der Waals surface area contributed by atoms with Crippen LogP contribution in [0.4, 0.5) is 0 Å². The third-order valence-electron chi connectivity index (χ3n) is 2.69. The average molecular weight is 185 g/mol. The second kappa shape index (κ2) is 5.07. The monoisotopic (exact) mass is 185 g/mol. The van der Waals surface area contributed by atoms with Gasteiger partial charge >= 0.3 is 0 Å². The van der Waals surface area contributed by atoms with Gasteiger partial charge in [-0.3, -0.25) is 5.41 Å². The minimum Gasteiger partial charge on any atom is -0.385 e. The fourth-order valence-electron chi connectivity index (χ4n) is 1.75. The van der Waals surface area contributed by atoms with Gasteiger partial charge in [-0.15, -0.1) is 0 Å². The van der Waals surface area contributed by atoms with Crippen LogP contribution < -0.4 is 5.73 Å². The summed E-state index contributed by atoms with van der Waals surface area (Å²) in [5.41, 5.74) is 5.40. The molecule has 3 N–H and O–H groups in total. The topological polar surface area (TPSA) is 62.3 Å². The molecule has 0 amide bonds. The van der Waals surface area contributed by atoms with Crippen LogP contribution in [-0.4, -0.2) is 37.7 Å². The van der Waals surface area contributed by atoms with Gasteiger partial charge < -0.3 is 15.4 Å². The minimum atomic E-state index is 0.213. The number of piperidine rings is 1. The summed E-state index contributed by atoms with van der Waals surface area (Å²) < 4.78 is 5.04. The van der Waals surface area contributed by atoms with E-state index in [-0.39, 0.29) is 5.96 Å². The number of rotatable bonds is 3. The predicted octanol–water partition coefficient (Wildman–Crippen LogP) is 0.628. The SMILES string of the molecule is COCCC1CCN(C(=N)N)CC1. The maximum atomic E-state index is 7.27. The van der Waals surface area contributed by atoms with Gasteiger partial charge in [-0.2, -0.15) is 0 Å². The molecule has 0 spiro atoms. The predicted molar refractivity (Wildman–Crippen MR) is 52.7 cm³/mol. The number of nitrogens with one attached hydrogen (secondary N) is 1. The van der Waals surface area contributed by atoms with E-state index in [1.807, 2.05) is 4.90 Å². The van der Waals surface area contributed by atoms with E-state index in [0.717, 1.165) is 44.9 Å². The molecule has 0 aromatic rings. The van der Waals surface area contributed by atoms with Gasteiger partial charge in [0.25, 0.3) is 0 Å². The summed E-state index contributed by atoms with van der Waals surface area (Å²) >= 11 is 0. The molecule has 76 valence electrons. The smallest absolute Gasteiger partial charge is 0.188 e. The van der Waals surface area contributed by atoms with Crippen molar-refractivity contribution in [1.82, 2.24) is 4.90 Å². The van der Waals surface area contributed by atoms with Crippen molar-refractivity contribution in [3.63, 3.8) is 0 Å². The van der Waals surface area contributed by atoms with Gasteiger partial charge in [0.15, 0.2) is 5.96 Å². The van der Waals surface area contributed by atoms with Crippen LogP contribution in [0.3, 0.4) is 0 Å². The van der Waals surface area contributed by atoms with Gasteiger partial charge in [0.2, 0.25) is 0 Å². The first-order chi connectivity index (χ1) is 6.24. The zero-order valence-electron chi connectivity index (χ0n) is 8.25. The summed E-state index contributed by atoms with van der Waals surface area (Å²) in [7, 11) is 1.74. The van der Waals surface area contributed by atoms with E-state index in [0.29, 0.717) is 0 Å². The lowest BCUT2D eigenvalue weighted by Gasteiger charge is -2.31. The Morgan fingerprint density at radius 3 is 2.62 bits per heavy atom. The molecule has 1 fully saturated rings. The summed E-state index contributed by atoms with van der Waals surface area (Å²) in [6, 6.07) is 0. The summed E-state index contributed by atoms with van der Waals surface area (Å²) in [4.78, 5) is 1.93. The molecule has 1 heterocycles. The molecule has 1 rings (SSSR count). The van der Waals surface area contributed by atoms with E-state index in [1.165, 1.54) is 0 Å². The molecular weight excluding hydrogens is 166 g/mol. The molecule has 1 aliphatic heterocycles. The highest BCUT2D eigenvalue weighted by molar-refractivity contribution is 5.74. The Bertz CT molecular complexity index is 164. The summed E-state index contributed by atoms with van der Waals surface area (Å²) in [6.07, 6.45) is 3.42. The molecule has 0 aromatic heterocycles. The third-order valence-corrected chi connectivity index (χ3v) is 2.69. The van der Waals surface area contributed by atoms with Crippen LogP contribution in [0.5, 0.6) is 0 Å². The number of ether oxygens (including phenoxy) is 1. The Morgan fingerprint density at radius 1 is 1.54 bits per heavy atom. The van der Waals surface area contributed by atoms with E-state index in [9.17, 15) is 0 Å². The zero-order chi connectivity index (χ0) is 9.68. The van der Waals surface area contributed by atoms with Crippen LogP contribution in [0.15, 0.2) is 0 Å². The van der Waals surface area contributed by atoms with Crippen molar-refractivity contribution in [1.29, 1.82) is 5.41 Å². The second-order valence-corrected chi connectivity index (χ2v) is 3.60. The lowest BCUT2D eigenvalue weighted by atomic mass is 9.94.